The highest BCUT2D eigenvalue weighted by molar-refractivity contribution is 5.83. The lowest BCUT2D eigenvalue weighted by molar-refractivity contribution is -0.140. The van der Waals surface area contributed by atoms with Crippen LogP contribution in [0, 0.1) is 0 Å². The molecule has 0 aromatic rings. The third kappa shape index (κ3) is 2.61. The minimum absolute atomic E-state index is 0.0632. The highest BCUT2D eigenvalue weighted by Gasteiger charge is 2.55. The number of amides is 1. The van der Waals surface area contributed by atoms with Crippen LogP contribution in [0.25, 0.3) is 0 Å². The molecule has 17 heavy (non-hydrogen) atoms. The first kappa shape index (κ1) is 12.8. The van der Waals surface area contributed by atoms with Gasteiger partial charge in [0.05, 0.1) is 6.61 Å². The Morgan fingerprint density at radius 2 is 2.00 bits per heavy atom. The number of likely N-dealkylation sites (N-methyl/N-ethyl adjacent to an activating group) is 1. The molecule has 5 nitrogen and oxygen atoms in total. The van der Waals surface area contributed by atoms with Crippen molar-refractivity contribution in [3.05, 3.63) is 0 Å². The maximum Gasteiger partial charge on any atom is 0.254 e. The Morgan fingerprint density at radius 1 is 1.35 bits per heavy atom. The van der Waals surface area contributed by atoms with E-state index in [4.69, 9.17) is 14.2 Å². The molecule has 0 spiro atoms. The van der Waals surface area contributed by atoms with Crippen LogP contribution in [0.15, 0.2) is 0 Å². The van der Waals surface area contributed by atoms with Crippen LogP contribution < -0.4 is 0 Å². The molecule has 1 amide bonds. The molecule has 0 aromatic heterocycles. The standard InChI is InChI=1S/C12H21NO4/c1-5-13(6-2)11(14)10-9(16-10)8-7-15-12(3,4)17-8/h8-10H,5-7H2,1-4H3/t8-,9+,10+/m1/s1. The SMILES string of the molecule is CCN(CC)C(=O)[C@H]1O[C@H]1[C@H]1COC(C)(C)O1. The van der Waals surface area contributed by atoms with Gasteiger partial charge in [-0.2, -0.15) is 0 Å². The lowest BCUT2D eigenvalue weighted by atomic mass is 10.2. The van der Waals surface area contributed by atoms with Crippen molar-refractivity contribution in [3.8, 4) is 0 Å². The van der Waals surface area contributed by atoms with E-state index in [2.05, 4.69) is 0 Å². The molecule has 2 aliphatic rings. The van der Waals surface area contributed by atoms with Gasteiger partial charge < -0.3 is 19.1 Å². The normalized spacial score (nSPS) is 34.7. The van der Waals surface area contributed by atoms with E-state index in [1.807, 2.05) is 27.7 Å². The van der Waals surface area contributed by atoms with Gasteiger partial charge in [-0.05, 0) is 27.7 Å². The molecule has 2 aliphatic heterocycles. The van der Waals surface area contributed by atoms with Crippen molar-refractivity contribution in [1.82, 2.24) is 4.90 Å². The molecular weight excluding hydrogens is 222 g/mol. The van der Waals surface area contributed by atoms with Gasteiger partial charge >= 0.3 is 0 Å². The summed E-state index contributed by atoms with van der Waals surface area (Å²) in [7, 11) is 0. The Hall–Kier alpha value is -0.650. The van der Waals surface area contributed by atoms with Crippen LogP contribution >= 0.6 is 0 Å². The first-order chi connectivity index (χ1) is 7.98. The number of hydrogen-bond acceptors (Lipinski definition) is 4. The summed E-state index contributed by atoms with van der Waals surface area (Å²) >= 11 is 0. The fourth-order valence-corrected chi connectivity index (χ4v) is 2.20. The van der Waals surface area contributed by atoms with Gasteiger partial charge in [-0.15, -0.1) is 0 Å². The summed E-state index contributed by atoms with van der Waals surface area (Å²) in [4.78, 5) is 13.8. The number of carbonyl (C=O) groups is 1. The summed E-state index contributed by atoms with van der Waals surface area (Å²) in [6.07, 6.45) is -0.586. The Morgan fingerprint density at radius 3 is 2.47 bits per heavy atom. The van der Waals surface area contributed by atoms with Crippen LogP contribution in [-0.2, 0) is 19.0 Å². The van der Waals surface area contributed by atoms with E-state index < -0.39 is 5.79 Å². The van der Waals surface area contributed by atoms with E-state index in [1.165, 1.54) is 0 Å². The first-order valence-electron chi connectivity index (χ1n) is 6.24. The van der Waals surface area contributed by atoms with Gasteiger partial charge in [0, 0.05) is 13.1 Å². The molecule has 2 fully saturated rings. The smallest absolute Gasteiger partial charge is 0.254 e. The average Bonchev–Trinajstić information content (AvgIpc) is 2.99. The lowest BCUT2D eigenvalue weighted by Crippen LogP contribution is -2.36. The predicted molar refractivity (Wildman–Crippen MR) is 61.5 cm³/mol. The largest absolute Gasteiger partial charge is 0.356 e. The Bertz CT molecular complexity index is 301. The summed E-state index contributed by atoms with van der Waals surface area (Å²) in [5.41, 5.74) is 0. The fraction of sp³-hybridized carbons (Fsp3) is 0.917. The van der Waals surface area contributed by atoms with Crippen molar-refractivity contribution < 1.29 is 19.0 Å². The van der Waals surface area contributed by atoms with Crippen LogP contribution in [0.5, 0.6) is 0 Å². The Labute approximate surface area is 102 Å². The summed E-state index contributed by atoms with van der Waals surface area (Å²) in [6.45, 7) is 9.62. The van der Waals surface area contributed by atoms with Crippen LogP contribution in [0.1, 0.15) is 27.7 Å². The molecule has 0 aliphatic carbocycles. The highest BCUT2D eigenvalue weighted by atomic mass is 16.8. The minimum Gasteiger partial charge on any atom is -0.356 e. The maximum absolute atomic E-state index is 12.0. The maximum atomic E-state index is 12.0. The number of epoxide rings is 1. The van der Waals surface area contributed by atoms with E-state index in [0.717, 1.165) is 13.1 Å². The average molecular weight is 243 g/mol. The van der Waals surface area contributed by atoms with Crippen molar-refractivity contribution in [2.45, 2.75) is 51.8 Å². The molecule has 98 valence electrons. The van der Waals surface area contributed by atoms with Gasteiger partial charge in [-0.1, -0.05) is 0 Å². The number of nitrogens with zero attached hydrogens (tertiary/aromatic N) is 1. The molecule has 2 saturated heterocycles. The Kier molecular flexibility index (Phi) is 3.43. The molecule has 2 heterocycles. The molecule has 0 saturated carbocycles. The third-order valence-electron chi connectivity index (χ3n) is 3.24. The molecular formula is C12H21NO4. The van der Waals surface area contributed by atoms with Gasteiger partial charge in [0.25, 0.3) is 5.91 Å². The summed E-state index contributed by atoms with van der Waals surface area (Å²) in [6, 6.07) is 0. The quantitative estimate of drug-likeness (QED) is 0.684. The topological polar surface area (TPSA) is 51.3 Å². The van der Waals surface area contributed by atoms with Gasteiger partial charge in [0.1, 0.15) is 12.2 Å². The zero-order valence-corrected chi connectivity index (χ0v) is 10.9. The third-order valence-corrected chi connectivity index (χ3v) is 3.24. The second kappa shape index (κ2) is 4.55. The van der Waals surface area contributed by atoms with Crippen LogP contribution in [-0.4, -0.2) is 54.6 Å². The molecule has 3 atom stereocenters. The molecule has 0 unspecified atom stereocenters. The molecule has 0 radical (unpaired) electrons. The number of rotatable bonds is 4. The number of ether oxygens (including phenoxy) is 3. The number of hydrogen-bond donors (Lipinski definition) is 0. The van der Waals surface area contributed by atoms with E-state index in [1.54, 1.807) is 4.90 Å². The van der Waals surface area contributed by atoms with E-state index in [9.17, 15) is 4.79 Å². The first-order valence-corrected chi connectivity index (χ1v) is 6.24. The summed E-state index contributed by atoms with van der Waals surface area (Å²) in [5.74, 6) is -0.493. The molecule has 0 aromatic carbocycles. The van der Waals surface area contributed by atoms with Crippen molar-refractivity contribution in [3.63, 3.8) is 0 Å². The van der Waals surface area contributed by atoms with E-state index >= 15 is 0 Å². The van der Waals surface area contributed by atoms with Gasteiger partial charge in [-0.3, -0.25) is 4.79 Å². The minimum atomic E-state index is -0.556. The fourth-order valence-electron chi connectivity index (χ4n) is 2.20. The van der Waals surface area contributed by atoms with Crippen LogP contribution in [0.2, 0.25) is 0 Å². The summed E-state index contributed by atoms with van der Waals surface area (Å²) < 4.78 is 16.6. The van der Waals surface area contributed by atoms with Crippen LogP contribution in [0.3, 0.4) is 0 Å². The lowest BCUT2D eigenvalue weighted by Gasteiger charge is -2.18. The molecule has 2 rings (SSSR count). The highest BCUT2D eigenvalue weighted by Crippen LogP contribution is 2.35. The molecule has 5 heteroatoms. The monoisotopic (exact) mass is 243 g/mol. The van der Waals surface area contributed by atoms with Gasteiger partial charge in [0.2, 0.25) is 0 Å². The van der Waals surface area contributed by atoms with Crippen molar-refractivity contribution in [2.75, 3.05) is 19.7 Å². The second-order valence-electron chi connectivity index (χ2n) is 4.90. The van der Waals surface area contributed by atoms with Crippen molar-refractivity contribution in [2.24, 2.45) is 0 Å². The van der Waals surface area contributed by atoms with Gasteiger partial charge in [-0.25, -0.2) is 0 Å². The number of carbonyl (C=O) groups excluding carboxylic acids is 1. The van der Waals surface area contributed by atoms with Crippen molar-refractivity contribution in [1.29, 1.82) is 0 Å². The predicted octanol–water partition coefficient (Wildman–Crippen LogP) is 0.774. The van der Waals surface area contributed by atoms with E-state index in [0.29, 0.717) is 6.61 Å². The second-order valence-corrected chi connectivity index (χ2v) is 4.90. The van der Waals surface area contributed by atoms with Crippen LogP contribution in [0.4, 0.5) is 0 Å². The van der Waals surface area contributed by atoms with Crippen molar-refractivity contribution >= 4 is 5.91 Å². The Balaban J connectivity index is 1.87. The molecule has 0 N–H and O–H groups in total. The zero-order valence-electron chi connectivity index (χ0n) is 10.9. The molecule has 0 bridgehead atoms. The summed E-state index contributed by atoms with van der Waals surface area (Å²) in [5, 5.41) is 0. The zero-order chi connectivity index (χ0) is 12.6. The van der Waals surface area contributed by atoms with Gasteiger partial charge in [0.15, 0.2) is 11.9 Å². The van der Waals surface area contributed by atoms with E-state index in [-0.39, 0.29) is 24.2 Å².